The van der Waals surface area contributed by atoms with Gasteiger partial charge in [0.1, 0.15) is 0 Å². The van der Waals surface area contributed by atoms with Crippen molar-refractivity contribution in [3.8, 4) is 0 Å². The zero-order valence-electron chi connectivity index (χ0n) is 10.7. The van der Waals surface area contributed by atoms with E-state index in [4.69, 9.17) is 10.9 Å². The average molecular weight is 262 g/mol. The third kappa shape index (κ3) is 3.37. The number of amidine groups is 1. The van der Waals surface area contributed by atoms with E-state index in [1.165, 1.54) is 6.42 Å². The molecular formula is C13H18N4O2. The van der Waals surface area contributed by atoms with Gasteiger partial charge in [0.15, 0.2) is 5.84 Å². The number of nitrogens with zero attached hydrogens (tertiary/aromatic N) is 2. The van der Waals surface area contributed by atoms with Crippen molar-refractivity contribution in [2.24, 2.45) is 10.9 Å². The van der Waals surface area contributed by atoms with Crippen molar-refractivity contribution in [3.05, 3.63) is 29.8 Å². The molecule has 1 fully saturated rings. The molecule has 0 unspecified atom stereocenters. The van der Waals surface area contributed by atoms with Crippen LogP contribution in [0.15, 0.2) is 29.4 Å². The monoisotopic (exact) mass is 262 g/mol. The molecule has 1 aromatic carbocycles. The minimum atomic E-state index is -0.101. The second-order valence-electron chi connectivity index (χ2n) is 4.54. The molecule has 1 aromatic rings. The smallest absolute Gasteiger partial charge is 0.321 e. The van der Waals surface area contributed by atoms with Crippen LogP contribution in [0.25, 0.3) is 0 Å². The van der Waals surface area contributed by atoms with Gasteiger partial charge in [-0.1, -0.05) is 17.3 Å². The number of urea groups is 1. The second kappa shape index (κ2) is 6.08. The van der Waals surface area contributed by atoms with E-state index in [0.29, 0.717) is 11.3 Å². The molecule has 0 spiro atoms. The van der Waals surface area contributed by atoms with Crippen LogP contribution in [0.5, 0.6) is 0 Å². The summed E-state index contributed by atoms with van der Waals surface area (Å²) in [7, 11) is 0. The van der Waals surface area contributed by atoms with E-state index in [1.807, 2.05) is 0 Å². The maximum Gasteiger partial charge on any atom is 0.321 e. The minimum Gasteiger partial charge on any atom is -0.409 e. The quantitative estimate of drug-likeness (QED) is 0.328. The van der Waals surface area contributed by atoms with Gasteiger partial charge in [-0.2, -0.15) is 0 Å². The Morgan fingerprint density at radius 1 is 1.32 bits per heavy atom. The van der Waals surface area contributed by atoms with Crippen LogP contribution in [0.3, 0.4) is 0 Å². The number of hydrogen-bond donors (Lipinski definition) is 3. The highest BCUT2D eigenvalue weighted by molar-refractivity contribution is 5.99. The van der Waals surface area contributed by atoms with E-state index in [1.54, 1.807) is 29.2 Å². The van der Waals surface area contributed by atoms with Crippen LogP contribution in [0.4, 0.5) is 10.5 Å². The van der Waals surface area contributed by atoms with Gasteiger partial charge in [0.2, 0.25) is 0 Å². The molecule has 0 atom stereocenters. The fourth-order valence-corrected chi connectivity index (χ4v) is 2.11. The molecule has 19 heavy (non-hydrogen) atoms. The number of anilines is 1. The Kier molecular flexibility index (Phi) is 4.22. The molecule has 1 heterocycles. The molecule has 0 saturated carbocycles. The van der Waals surface area contributed by atoms with Gasteiger partial charge in [-0.3, -0.25) is 0 Å². The fraction of sp³-hybridized carbons (Fsp3) is 0.385. The largest absolute Gasteiger partial charge is 0.409 e. The lowest BCUT2D eigenvalue weighted by Gasteiger charge is -2.26. The van der Waals surface area contributed by atoms with Gasteiger partial charge in [-0.25, -0.2) is 4.79 Å². The van der Waals surface area contributed by atoms with E-state index in [0.717, 1.165) is 25.9 Å². The highest BCUT2D eigenvalue weighted by atomic mass is 16.4. The molecule has 0 bridgehead atoms. The van der Waals surface area contributed by atoms with Crippen LogP contribution in [0, 0.1) is 0 Å². The maximum absolute atomic E-state index is 12.0. The minimum absolute atomic E-state index is 0.0223. The van der Waals surface area contributed by atoms with Gasteiger partial charge >= 0.3 is 6.03 Å². The normalized spacial score (nSPS) is 16.2. The van der Waals surface area contributed by atoms with E-state index < -0.39 is 0 Å². The fourth-order valence-electron chi connectivity index (χ4n) is 2.11. The summed E-state index contributed by atoms with van der Waals surface area (Å²) in [6.45, 7) is 1.59. The Labute approximate surface area is 111 Å². The van der Waals surface area contributed by atoms with Gasteiger partial charge in [0.25, 0.3) is 0 Å². The molecule has 1 aliphatic heterocycles. The number of hydrogen-bond acceptors (Lipinski definition) is 3. The van der Waals surface area contributed by atoms with Crippen molar-refractivity contribution in [3.63, 3.8) is 0 Å². The summed E-state index contributed by atoms with van der Waals surface area (Å²) in [5.41, 5.74) is 6.72. The molecule has 2 rings (SSSR count). The first-order chi connectivity index (χ1) is 9.20. The molecule has 102 valence electrons. The zero-order chi connectivity index (χ0) is 13.7. The Hall–Kier alpha value is -2.24. The van der Waals surface area contributed by atoms with Crippen LogP contribution in [-0.2, 0) is 0 Å². The standard InChI is InChI=1S/C13H18N4O2/c14-12(16-19)10-5-4-6-11(9-10)15-13(18)17-7-2-1-3-8-17/h4-6,9,19H,1-3,7-8H2,(H2,14,16)(H,15,18). The summed E-state index contributed by atoms with van der Waals surface area (Å²) >= 11 is 0. The predicted octanol–water partition coefficient (Wildman–Crippen LogP) is 1.80. The number of oxime groups is 1. The highest BCUT2D eigenvalue weighted by Gasteiger charge is 2.16. The summed E-state index contributed by atoms with van der Waals surface area (Å²) in [4.78, 5) is 13.8. The molecule has 1 saturated heterocycles. The Balaban J connectivity index is 2.04. The number of piperidine rings is 1. The van der Waals surface area contributed by atoms with E-state index in [2.05, 4.69) is 10.5 Å². The lowest BCUT2D eigenvalue weighted by molar-refractivity contribution is 0.200. The average Bonchev–Trinajstić information content (AvgIpc) is 2.47. The summed E-state index contributed by atoms with van der Waals surface area (Å²) < 4.78 is 0. The van der Waals surface area contributed by atoms with Crippen molar-refractivity contribution in [1.82, 2.24) is 4.90 Å². The van der Waals surface area contributed by atoms with Crippen LogP contribution >= 0.6 is 0 Å². The zero-order valence-corrected chi connectivity index (χ0v) is 10.7. The van der Waals surface area contributed by atoms with Crippen LogP contribution < -0.4 is 11.1 Å². The third-order valence-electron chi connectivity index (χ3n) is 3.16. The lowest BCUT2D eigenvalue weighted by Crippen LogP contribution is -2.38. The van der Waals surface area contributed by atoms with Crippen molar-refractivity contribution < 1.29 is 10.0 Å². The third-order valence-corrected chi connectivity index (χ3v) is 3.16. The molecule has 2 amide bonds. The molecular weight excluding hydrogens is 244 g/mol. The van der Waals surface area contributed by atoms with Crippen LogP contribution in [-0.4, -0.2) is 35.1 Å². The molecule has 6 nitrogen and oxygen atoms in total. The van der Waals surface area contributed by atoms with Crippen LogP contribution in [0.2, 0.25) is 0 Å². The number of nitrogens with two attached hydrogens (primary N) is 1. The first-order valence-electron chi connectivity index (χ1n) is 6.34. The van der Waals surface area contributed by atoms with E-state index >= 15 is 0 Å². The number of benzene rings is 1. The summed E-state index contributed by atoms with van der Waals surface area (Å²) in [6, 6.07) is 6.81. The highest BCUT2D eigenvalue weighted by Crippen LogP contribution is 2.14. The number of carbonyl (C=O) groups is 1. The number of amides is 2. The molecule has 4 N–H and O–H groups in total. The van der Waals surface area contributed by atoms with Gasteiger partial charge in [0.05, 0.1) is 0 Å². The first kappa shape index (κ1) is 13.2. The number of nitrogens with one attached hydrogen (secondary N) is 1. The number of carbonyl (C=O) groups excluding carboxylic acids is 1. The lowest BCUT2D eigenvalue weighted by atomic mass is 10.1. The van der Waals surface area contributed by atoms with Crippen molar-refractivity contribution >= 4 is 17.6 Å². The van der Waals surface area contributed by atoms with Crippen molar-refractivity contribution in [2.75, 3.05) is 18.4 Å². The Bertz CT molecular complexity index is 481. The van der Waals surface area contributed by atoms with Gasteiger partial charge < -0.3 is 21.2 Å². The van der Waals surface area contributed by atoms with E-state index in [-0.39, 0.29) is 11.9 Å². The SMILES string of the molecule is NC(=NO)c1cccc(NC(=O)N2CCCCC2)c1. The summed E-state index contributed by atoms with van der Waals surface area (Å²) in [5.74, 6) is 0.0223. The first-order valence-corrected chi connectivity index (χ1v) is 6.34. The number of likely N-dealkylation sites (tertiary alicyclic amines) is 1. The van der Waals surface area contributed by atoms with Gasteiger partial charge in [-0.05, 0) is 31.4 Å². The maximum atomic E-state index is 12.0. The topological polar surface area (TPSA) is 91.0 Å². The Morgan fingerprint density at radius 3 is 2.74 bits per heavy atom. The van der Waals surface area contributed by atoms with Crippen molar-refractivity contribution in [1.29, 1.82) is 0 Å². The molecule has 6 heteroatoms. The van der Waals surface area contributed by atoms with E-state index in [9.17, 15) is 4.79 Å². The van der Waals surface area contributed by atoms with Crippen LogP contribution in [0.1, 0.15) is 24.8 Å². The molecule has 1 aliphatic rings. The predicted molar refractivity (Wildman–Crippen MR) is 73.4 cm³/mol. The summed E-state index contributed by atoms with van der Waals surface area (Å²) in [6.07, 6.45) is 3.29. The van der Waals surface area contributed by atoms with Crippen molar-refractivity contribution in [2.45, 2.75) is 19.3 Å². The summed E-state index contributed by atoms with van der Waals surface area (Å²) in [5, 5.41) is 14.4. The molecule has 0 aromatic heterocycles. The molecule has 0 radical (unpaired) electrons. The molecule has 0 aliphatic carbocycles. The van der Waals surface area contributed by atoms with Gasteiger partial charge in [-0.15, -0.1) is 0 Å². The number of rotatable bonds is 2. The Morgan fingerprint density at radius 2 is 2.05 bits per heavy atom. The van der Waals surface area contributed by atoms with Gasteiger partial charge in [0, 0.05) is 24.3 Å². The second-order valence-corrected chi connectivity index (χ2v) is 4.54.